The van der Waals surface area contributed by atoms with Gasteiger partial charge in [-0.1, -0.05) is 17.7 Å². The van der Waals surface area contributed by atoms with Crippen molar-refractivity contribution >= 4 is 33.2 Å². The molecule has 0 saturated heterocycles. The Balaban J connectivity index is 1.66. The normalized spacial score (nSPS) is 14.0. The highest BCUT2D eigenvalue weighted by molar-refractivity contribution is 9.10. The third kappa shape index (κ3) is 3.26. The molecule has 1 aliphatic rings. The smallest absolute Gasteiger partial charge is 0.231 e. The van der Waals surface area contributed by atoms with Crippen LogP contribution in [0.2, 0.25) is 5.02 Å². The summed E-state index contributed by atoms with van der Waals surface area (Å²) in [5, 5.41) is 14.1. The van der Waals surface area contributed by atoms with Gasteiger partial charge in [0.05, 0.1) is 11.1 Å². The number of benzene rings is 2. The molecule has 0 saturated carbocycles. The quantitative estimate of drug-likeness (QED) is 0.855. The summed E-state index contributed by atoms with van der Waals surface area (Å²) in [5.41, 5.74) is 1.66. The monoisotopic (exact) mass is 369 g/mol. The van der Waals surface area contributed by atoms with E-state index in [9.17, 15) is 5.11 Å². The molecular weight excluding hydrogens is 358 g/mol. The Morgan fingerprint density at radius 2 is 2.00 bits per heavy atom. The fraction of sp³-hybridized carbons (Fsp3) is 0.200. The van der Waals surface area contributed by atoms with Gasteiger partial charge in [-0.05, 0) is 51.8 Å². The summed E-state index contributed by atoms with van der Waals surface area (Å²) in [6, 6.07) is 11.0. The second kappa shape index (κ2) is 6.13. The van der Waals surface area contributed by atoms with Crippen LogP contribution in [-0.2, 0) is 0 Å². The Morgan fingerprint density at radius 3 is 2.81 bits per heavy atom. The van der Waals surface area contributed by atoms with Gasteiger partial charge in [-0.2, -0.15) is 0 Å². The number of hydrogen-bond acceptors (Lipinski definition) is 4. The van der Waals surface area contributed by atoms with Crippen LogP contribution in [0, 0.1) is 0 Å². The van der Waals surface area contributed by atoms with Gasteiger partial charge in [0.25, 0.3) is 0 Å². The molecule has 4 nitrogen and oxygen atoms in total. The van der Waals surface area contributed by atoms with Crippen LogP contribution in [0.15, 0.2) is 40.9 Å². The maximum Gasteiger partial charge on any atom is 0.231 e. The van der Waals surface area contributed by atoms with Crippen LogP contribution in [0.25, 0.3) is 0 Å². The van der Waals surface area contributed by atoms with Crippen molar-refractivity contribution < 1.29 is 14.6 Å². The highest BCUT2D eigenvalue weighted by Gasteiger charge is 2.16. The summed E-state index contributed by atoms with van der Waals surface area (Å²) in [6.07, 6.45) is -0.644. The molecule has 0 aromatic heterocycles. The lowest BCUT2D eigenvalue weighted by atomic mass is 10.1. The Bertz CT molecular complexity index is 665. The van der Waals surface area contributed by atoms with Gasteiger partial charge < -0.3 is 19.9 Å². The molecule has 2 aromatic carbocycles. The van der Waals surface area contributed by atoms with Crippen molar-refractivity contribution in [3.63, 3.8) is 0 Å². The summed E-state index contributed by atoms with van der Waals surface area (Å²) < 4.78 is 11.4. The molecule has 6 heteroatoms. The van der Waals surface area contributed by atoms with Crippen LogP contribution < -0.4 is 14.8 Å². The average Bonchev–Trinajstić information content (AvgIpc) is 2.95. The summed E-state index contributed by atoms with van der Waals surface area (Å²) in [5.74, 6) is 1.38. The minimum atomic E-state index is -0.644. The van der Waals surface area contributed by atoms with Crippen molar-refractivity contribution in [2.75, 3.05) is 18.7 Å². The lowest BCUT2D eigenvalue weighted by Gasteiger charge is -2.14. The topological polar surface area (TPSA) is 50.7 Å². The van der Waals surface area contributed by atoms with E-state index in [1.807, 2.05) is 18.2 Å². The Kier molecular flexibility index (Phi) is 4.24. The average molecular weight is 371 g/mol. The molecule has 0 spiro atoms. The van der Waals surface area contributed by atoms with Crippen LogP contribution in [0.4, 0.5) is 5.69 Å². The highest BCUT2D eigenvalue weighted by Crippen LogP contribution is 2.34. The van der Waals surface area contributed by atoms with Gasteiger partial charge in [-0.15, -0.1) is 0 Å². The minimum absolute atomic E-state index is 0.228. The first-order valence-electron chi connectivity index (χ1n) is 6.40. The van der Waals surface area contributed by atoms with Crippen molar-refractivity contribution in [3.8, 4) is 11.5 Å². The van der Waals surface area contributed by atoms with E-state index in [4.69, 9.17) is 21.1 Å². The van der Waals surface area contributed by atoms with Crippen LogP contribution in [0.3, 0.4) is 0 Å². The van der Waals surface area contributed by atoms with Gasteiger partial charge in [0.1, 0.15) is 0 Å². The predicted octanol–water partition coefficient (Wildman–Crippen LogP) is 3.98. The van der Waals surface area contributed by atoms with Crippen molar-refractivity contribution in [3.05, 3.63) is 51.5 Å². The number of aliphatic hydroxyl groups is 1. The van der Waals surface area contributed by atoms with Gasteiger partial charge >= 0.3 is 0 Å². The maximum atomic E-state index is 10.2. The Morgan fingerprint density at radius 1 is 1.19 bits per heavy atom. The number of ether oxygens (including phenoxy) is 2. The van der Waals surface area contributed by atoms with Gasteiger partial charge in [0, 0.05) is 16.7 Å². The van der Waals surface area contributed by atoms with E-state index in [1.54, 1.807) is 18.2 Å². The highest BCUT2D eigenvalue weighted by atomic mass is 79.9. The number of hydrogen-bond donors (Lipinski definition) is 2. The minimum Gasteiger partial charge on any atom is -0.454 e. The lowest BCUT2D eigenvalue weighted by molar-refractivity contribution is 0.173. The Labute approximate surface area is 135 Å². The molecule has 0 amide bonds. The van der Waals surface area contributed by atoms with Crippen LogP contribution >= 0.6 is 27.5 Å². The molecule has 2 N–H and O–H groups in total. The largest absolute Gasteiger partial charge is 0.454 e. The first-order valence-corrected chi connectivity index (χ1v) is 7.57. The second-order valence-electron chi connectivity index (χ2n) is 4.64. The van der Waals surface area contributed by atoms with Crippen molar-refractivity contribution in [1.29, 1.82) is 0 Å². The van der Waals surface area contributed by atoms with Crippen LogP contribution in [0.5, 0.6) is 11.5 Å². The van der Waals surface area contributed by atoms with E-state index in [1.165, 1.54) is 0 Å². The van der Waals surface area contributed by atoms with E-state index in [0.717, 1.165) is 15.7 Å². The number of rotatable bonds is 4. The summed E-state index contributed by atoms with van der Waals surface area (Å²) in [4.78, 5) is 0. The zero-order chi connectivity index (χ0) is 14.8. The van der Waals surface area contributed by atoms with Gasteiger partial charge in [0.15, 0.2) is 11.5 Å². The summed E-state index contributed by atoms with van der Waals surface area (Å²) in [7, 11) is 0. The maximum absolute atomic E-state index is 10.2. The predicted molar refractivity (Wildman–Crippen MR) is 85.2 cm³/mol. The van der Waals surface area contributed by atoms with E-state index >= 15 is 0 Å². The number of aliphatic hydroxyl groups excluding tert-OH is 1. The third-order valence-corrected chi connectivity index (χ3v) is 4.41. The molecule has 3 rings (SSSR count). The van der Waals surface area contributed by atoms with Crippen molar-refractivity contribution in [1.82, 2.24) is 0 Å². The molecule has 2 aromatic rings. The van der Waals surface area contributed by atoms with Crippen molar-refractivity contribution in [2.24, 2.45) is 0 Å². The third-order valence-electron chi connectivity index (χ3n) is 3.20. The number of nitrogens with one attached hydrogen (secondary N) is 1. The molecule has 110 valence electrons. The molecule has 0 fully saturated rings. The first kappa shape index (κ1) is 14.5. The van der Waals surface area contributed by atoms with E-state index in [2.05, 4.69) is 21.2 Å². The molecule has 0 bridgehead atoms. The summed E-state index contributed by atoms with van der Waals surface area (Å²) >= 11 is 9.31. The van der Waals surface area contributed by atoms with Gasteiger partial charge in [0.2, 0.25) is 6.79 Å². The van der Waals surface area contributed by atoms with Gasteiger partial charge in [-0.3, -0.25) is 0 Å². The molecule has 21 heavy (non-hydrogen) atoms. The fourth-order valence-electron chi connectivity index (χ4n) is 2.06. The SMILES string of the molecule is OC(CNc1ccc(Cl)c(Br)c1)c1ccc2c(c1)OCO2. The molecule has 1 aliphatic heterocycles. The molecule has 0 radical (unpaired) electrons. The Hall–Kier alpha value is -1.43. The van der Waals surface area contributed by atoms with E-state index in [-0.39, 0.29) is 6.79 Å². The standard InChI is InChI=1S/C15H13BrClNO3/c16-11-6-10(2-3-12(11)17)18-7-13(19)9-1-4-14-15(5-9)21-8-20-14/h1-6,13,18-19H,7-8H2. The number of anilines is 1. The second-order valence-corrected chi connectivity index (χ2v) is 5.90. The zero-order valence-corrected chi connectivity index (χ0v) is 13.3. The first-order chi connectivity index (χ1) is 10.1. The lowest BCUT2D eigenvalue weighted by Crippen LogP contribution is -2.12. The van der Waals surface area contributed by atoms with Crippen molar-refractivity contribution in [2.45, 2.75) is 6.10 Å². The van der Waals surface area contributed by atoms with Crippen LogP contribution in [0.1, 0.15) is 11.7 Å². The molecule has 1 heterocycles. The van der Waals surface area contributed by atoms with Gasteiger partial charge in [-0.25, -0.2) is 0 Å². The molecular formula is C15H13BrClNO3. The number of halogens is 2. The molecule has 0 aliphatic carbocycles. The van der Waals surface area contributed by atoms with E-state index in [0.29, 0.717) is 23.1 Å². The van der Waals surface area contributed by atoms with Crippen LogP contribution in [-0.4, -0.2) is 18.4 Å². The summed E-state index contributed by atoms with van der Waals surface area (Å²) in [6.45, 7) is 0.611. The fourth-order valence-corrected chi connectivity index (χ4v) is 2.56. The molecule has 1 atom stereocenters. The number of fused-ring (bicyclic) bond motifs is 1. The zero-order valence-electron chi connectivity index (χ0n) is 11.0. The molecule has 1 unspecified atom stereocenters. The van der Waals surface area contributed by atoms with E-state index < -0.39 is 6.10 Å².